The molecule has 4 nitrogen and oxygen atoms in total. The first-order valence-electron chi connectivity index (χ1n) is 6.98. The van der Waals surface area contributed by atoms with E-state index in [1.165, 1.54) is 6.07 Å². The van der Waals surface area contributed by atoms with Gasteiger partial charge in [-0.25, -0.2) is 0 Å². The predicted molar refractivity (Wildman–Crippen MR) is 74.2 cm³/mol. The predicted octanol–water partition coefficient (Wildman–Crippen LogP) is 1.81. The number of hydrogen-bond acceptors (Lipinski definition) is 4. The van der Waals surface area contributed by atoms with Crippen LogP contribution in [0.2, 0.25) is 0 Å². The summed E-state index contributed by atoms with van der Waals surface area (Å²) in [6, 6.07) is 4.24. The van der Waals surface area contributed by atoms with Crippen molar-refractivity contribution in [3.63, 3.8) is 0 Å². The van der Waals surface area contributed by atoms with Crippen LogP contribution in [0.5, 0.6) is 0 Å². The van der Waals surface area contributed by atoms with E-state index in [1.807, 2.05) is 4.90 Å². The number of alkyl halides is 3. The summed E-state index contributed by atoms with van der Waals surface area (Å²) in [4.78, 5) is 4.29. The number of ether oxygens (including phenoxy) is 1. The van der Waals surface area contributed by atoms with E-state index < -0.39 is 11.7 Å². The molecule has 2 aliphatic heterocycles. The second-order valence-electron chi connectivity index (χ2n) is 5.53. The molecule has 1 aromatic carbocycles. The van der Waals surface area contributed by atoms with Crippen LogP contribution in [0.3, 0.4) is 0 Å². The molecule has 0 amide bonds. The largest absolute Gasteiger partial charge is 0.416 e. The lowest BCUT2D eigenvalue weighted by atomic mass is 10.1. The van der Waals surface area contributed by atoms with Crippen LogP contribution in [-0.2, 0) is 10.9 Å². The minimum atomic E-state index is -4.37. The topological polar surface area (TPSA) is 41.7 Å². The molecule has 116 valence electrons. The number of piperazine rings is 1. The molecule has 3 rings (SSSR count). The number of nitrogens with zero attached hydrogens (tertiary/aromatic N) is 2. The van der Waals surface area contributed by atoms with Crippen molar-refractivity contribution in [1.29, 1.82) is 0 Å². The molecule has 0 saturated carbocycles. The van der Waals surface area contributed by atoms with E-state index in [2.05, 4.69) is 4.90 Å². The summed E-state index contributed by atoms with van der Waals surface area (Å²) in [5.74, 6) is 0. The highest BCUT2D eigenvalue weighted by Crippen LogP contribution is 2.34. The molecule has 7 heteroatoms. The molecule has 2 N–H and O–H groups in total. The van der Waals surface area contributed by atoms with Gasteiger partial charge in [-0.3, -0.25) is 4.90 Å². The van der Waals surface area contributed by atoms with Crippen molar-refractivity contribution in [1.82, 2.24) is 4.90 Å². The van der Waals surface area contributed by atoms with Crippen molar-refractivity contribution >= 4 is 11.4 Å². The Kier molecular flexibility index (Phi) is 3.71. The summed E-state index contributed by atoms with van der Waals surface area (Å²) in [6.07, 6.45) is -4.37. The molecular formula is C14H18F3N3O. The standard InChI is InChI=1S/C14H18F3N3O/c15-14(16,17)10-5-11(18)7-12(6-10)19-1-3-20(4-2-19)13-8-21-9-13/h5-7,13H,1-4,8-9,18H2. The van der Waals surface area contributed by atoms with Crippen molar-refractivity contribution in [2.24, 2.45) is 0 Å². The summed E-state index contributed by atoms with van der Waals surface area (Å²) in [6.45, 7) is 4.61. The van der Waals surface area contributed by atoms with Crippen LogP contribution in [0.4, 0.5) is 24.5 Å². The van der Waals surface area contributed by atoms with Gasteiger partial charge in [-0.2, -0.15) is 13.2 Å². The minimum absolute atomic E-state index is 0.148. The average molecular weight is 301 g/mol. The summed E-state index contributed by atoms with van der Waals surface area (Å²) in [5, 5.41) is 0. The summed E-state index contributed by atoms with van der Waals surface area (Å²) in [5.41, 5.74) is 5.62. The lowest BCUT2D eigenvalue weighted by Crippen LogP contribution is -2.56. The van der Waals surface area contributed by atoms with Gasteiger partial charge in [-0.1, -0.05) is 0 Å². The van der Waals surface area contributed by atoms with Crippen molar-refractivity contribution < 1.29 is 17.9 Å². The van der Waals surface area contributed by atoms with Crippen LogP contribution in [0.15, 0.2) is 18.2 Å². The average Bonchev–Trinajstić information content (AvgIpc) is 2.36. The highest BCUT2D eigenvalue weighted by Gasteiger charge is 2.33. The molecule has 0 bridgehead atoms. The molecule has 21 heavy (non-hydrogen) atoms. The molecule has 0 atom stereocenters. The zero-order chi connectivity index (χ0) is 15.0. The molecule has 0 spiro atoms. The van der Waals surface area contributed by atoms with Gasteiger partial charge < -0.3 is 15.4 Å². The van der Waals surface area contributed by atoms with Crippen molar-refractivity contribution in [3.05, 3.63) is 23.8 Å². The van der Waals surface area contributed by atoms with E-state index in [9.17, 15) is 13.2 Å². The first kappa shape index (κ1) is 14.5. The van der Waals surface area contributed by atoms with Crippen LogP contribution < -0.4 is 10.6 Å². The molecule has 0 aliphatic carbocycles. The van der Waals surface area contributed by atoms with Crippen molar-refractivity contribution in [3.8, 4) is 0 Å². The minimum Gasteiger partial charge on any atom is -0.399 e. The quantitative estimate of drug-likeness (QED) is 0.846. The Bertz CT molecular complexity index is 509. The van der Waals surface area contributed by atoms with E-state index >= 15 is 0 Å². The van der Waals surface area contributed by atoms with E-state index in [0.717, 1.165) is 32.4 Å². The maximum atomic E-state index is 12.8. The first-order valence-corrected chi connectivity index (χ1v) is 6.98. The second-order valence-corrected chi connectivity index (χ2v) is 5.53. The monoisotopic (exact) mass is 301 g/mol. The third kappa shape index (κ3) is 3.08. The number of nitrogens with two attached hydrogens (primary N) is 1. The summed E-state index contributed by atoms with van der Waals surface area (Å²) in [7, 11) is 0. The van der Waals surface area contributed by atoms with Gasteiger partial charge in [0.25, 0.3) is 0 Å². The van der Waals surface area contributed by atoms with E-state index in [-0.39, 0.29) is 5.69 Å². The number of benzene rings is 1. The SMILES string of the molecule is Nc1cc(N2CCN(C3COC3)CC2)cc(C(F)(F)F)c1. The van der Waals surface area contributed by atoms with Gasteiger partial charge in [0.2, 0.25) is 0 Å². The van der Waals surface area contributed by atoms with E-state index in [1.54, 1.807) is 6.07 Å². The maximum Gasteiger partial charge on any atom is 0.416 e. The van der Waals surface area contributed by atoms with Crippen LogP contribution in [0.25, 0.3) is 0 Å². The Morgan fingerprint density at radius 3 is 2.24 bits per heavy atom. The van der Waals surface area contributed by atoms with Gasteiger partial charge in [0.05, 0.1) is 24.8 Å². The smallest absolute Gasteiger partial charge is 0.399 e. The Morgan fingerprint density at radius 1 is 1.05 bits per heavy atom. The number of anilines is 2. The van der Waals surface area contributed by atoms with Crippen molar-refractivity contribution in [2.75, 3.05) is 50.0 Å². The molecule has 2 fully saturated rings. The zero-order valence-electron chi connectivity index (χ0n) is 11.6. The number of hydrogen-bond donors (Lipinski definition) is 1. The Labute approximate surface area is 121 Å². The maximum absolute atomic E-state index is 12.8. The highest BCUT2D eigenvalue weighted by molar-refractivity contribution is 5.59. The van der Waals surface area contributed by atoms with Gasteiger partial charge in [0, 0.05) is 37.6 Å². The van der Waals surface area contributed by atoms with Crippen LogP contribution in [0, 0.1) is 0 Å². The Morgan fingerprint density at radius 2 is 1.71 bits per heavy atom. The van der Waals surface area contributed by atoms with Crippen molar-refractivity contribution in [2.45, 2.75) is 12.2 Å². The molecule has 2 heterocycles. The molecule has 2 saturated heterocycles. The molecule has 0 unspecified atom stereocenters. The number of nitrogen functional groups attached to an aromatic ring is 1. The second kappa shape index (κ2) is 5.38. The molecular weight excluding hydrogens is 283 g/mol. The molecule has 0 radical (unpaired) electrons. The lowest BCUT2D eigenvalue weighted by Gasteiger charge is -2.43. The van der Waals surface area contributed by atoms with Gasteiger partial charge >= 0.3 is 6.18 Å². The lowest BCUT2D eigenvalue weighted by molar-refractivity contribution is -0.137. The third-order valence-electron chi connectivity index (χ3n) is 4.08. The Hall–Kier alpha value is -1.47. The fourth-order valence-electron chi connectivity index (χ4n) is 2.76. The fraction of sp³-hybridized carbons (Fsp3) is 0.571. The highest BCUT2D eigenvalue weighted by atomic mass is 19.4. The number of rotatable bonds is 2. The Balaban J connectivity index is 1.71. The van der Waals surface area contributed by atoms with Gasteiger partial charge in [-0.15, -0.1) is 0 Å². The summed E-state index contributed by atoms with van der Waals surface area (Å²) >= 11 is 0. The molecule has 0 aromatic heterocycles. The molecule has 2 aliphatic rings. The van der Waals surface area contributed by atoms with Crippen LogP contribution >= 0.6 is 0 Å². The van der Waals surface area contributed by atoms with Crippen LogP contribution in [0.1, 0.15) is 5.56 Å². The zero-order valence-corrected chi connectivity index (χ0v) is 11.6. The van der Waals surface area contributed by atoms with Gasteiger partial charge in [0.1, 0.15) is 0 Å². The summed E-state index contributed by atoms with van der Waals surface area (Å²) < 4.78 is 43.7. The first-order chi connectivity index (χ1) is 9.93. The fourth-order valence-corrected chi connectivity index (χ4v) is 2.76. The van der Waals surface area contributed by atoms with Crippen LogP contribution in [-0.4, -0.2) is 50.3 Å². The van der Waals surface area contributed by atoms with E-state index in [0.29, 0.717) is 24.8 Å². The normalized spacial score (nSPS) is 21.4. The number of halogens is 3. The third-order valence-corrected chi connectivity index (χ3v) is 4.08. The van der Waals surface area contributed by atoms with E-state index in [4.69, 9.17) is 10.5 Å². The molecule has 1 aromatic rings. The van der Waals surface area contributed by atoms with Gasteiger partial charge in [-0.05, 0) is 18.2 Å². The van der Waals surface area contributed by atoms with Gasteiger partial charge in [0.15, 0.2) is 0 Å².